The maximum Gasteiger partial charge on any atom is 0.335 e. The van der Waals surface area contributed by atoms with Gasteiger partial charge in [0.2, 0.25) is 17.6 Å². The van der Waals surface area contributed by atoms with Crippen molar-refractivity contribution in [3.05, 3.63) is 36.6 Å². The molecule has 0 radical (unpaired) electrons. The van der Waals surface area contributed by atoms with Crippen LogP contribution in [0.4, 0.5) is 0 Å². The largest absolute Gasteiger partial charge is 0.506 e. The minimum Gasteiger partial charge on any atom is -0.506 e. The Kier molecular flexibility index (Phi) is 11.5. The van der Waals surface area contributed by atoms with E-state index in [1.165, 1.54) is 12.2 Å². The van der Waals surface area contributed by atoms with Crippen molar-refractivity contribution in [1.82, 2.24) is 10.6 Å². The van der Waals surface area contributed by atoms with E-state index in [2.05, 4.69) is 23.8 Å². The number of ether oxygens (including phenoxy) is 2. The second-order valence-corrected chi connectivity index (χ2v) is 6.84. The molecule has 0 aromatic heterocycles. The molecule has 168 valence electrons. The number of carbonyl (C=O) groups excluding carboxylic acids is 2. The maximum atomic E-state index is 11.4. The van der Waals surface area contributed by atoms with E-state index in [-0.39, 0.29) is 42.8 Å². The zero-order chi connectivity index (χ0) is 22.4. The van der Waals surface area contributed by atoms with Crippen LogP contribution in [0.5, 0.6) is 0 Å². The molecular weight excluding hydrogens is 392 g/mol. The van der Waals surface area contributed by atoms with Crippen molar-refractivity contribution >= 4 is 17.8 Å². The summed E-state index contributed by atoms with van der Waals surface area (Å²) in [6.45, 7) is 8.14. The quantitative estimate of drug-likeness (QED) is 0.179. The first-order valence-corrected chi connectivity index (χ1v) is 10.1. The molecule has 0 heterocycles. The molecule has 9 nitrogen and oxygen atoms in total. The van der Waals surface area contributed by atoms with Crippen LogP contribution in [0.2, 0.25) is 0 Å². The summed E-state index contributed by atoms with van der Waals surface area (Å²) < 4.78 is 11.7. The van der Waals surface area contributed by atoms with Crippen LogP contribution in [-0.4, -0.2) is 60.1 Å². The Morgan fingerprint density at radius 2 is 1.47 bits per heavy atom. The summed E-state index contributed by atoms with van der Waals surface area (Å²) in [6, 6.07) is 0. The van der Waals surface area contributed by atoms with E-state index in [0.29, 0.717) is 51.6 Å². The van der Waals surface area contributed by atoms with Gasteiger partial charge in [0.25, 0.3) is 0 Å². The lowest BCUT2D eigenvalue weighted by Gasteiger charge is -2.36. The van der Waals surface area contributed by atoms with E-state index < -0.39 is 11.8 Å². The molecule has 1 aliphatic rings. The van der Waals surface area contributed by atoms with Crippen molar-refractivity contribution in [1.29, 1.82) is 0 Å². The molecule has 0 fully saturated rings. The number of aliphatic hydroxyl groups excluding tert-OH is 1. The first-order chi connectivity index (χ1) is 14.4. The molecule has 0 aliphatic heterocycles. The lowest BCUT2D eigenvalue weighted by atomic mass is 9.92. The van der Waals surface area contributed by atoms with Crippen molar-refractivity contribution in [2.45, 2.75) is 50.7 Å². The molecular formula is C21H32N2O7. The van der Waals surface area contributed by atoms with E-state index in [4.69, 9.17) is 9.47 Å². The van der Waals surface area contributed by atoms with Crippen molar-refractivity contribution in [2.24, 2.45) is 0 Å². The zero-order valence-corrected chi connectivity index (χ0v) is 17.3. The van der Waals surface area contributed by atoms with Crippen LogP contribution >= 0.6 is 0 Å². The lowest BCUT2D eigenvalue weighted by molar-refractivity contribution is -0.237. The van der Waals surface area contributed by atoms with Gasteiger partial charge in [-0.15, -0.1) is 0 Å². The summed E-state index contributed by atoms with van der Waals surface area (Å²) >= 11 is 0. The molecule has 0 bridgehead atoms. The van der Waals surface area contributed by atoms with Gasteiger partial charge in [-0.25, -0.2) is 4.79 Å². The van der Waals surface area contributed by atoms with Gasteiger partial charge < -0.3 is 30.3 Å². The summed E-state index contributed by atoms with van der Waals surface area (Å²) in [7, 11) is 0. The molecule has 0 saturated carbocycles. The Hall–Kier alpha value is -2.65. The standard InChI is InChI=1S/C21H32N2O7/c1-3-17(24)22-12-5-7-14-29-21(11-9-10-16(19(21)26)20(27)28)30-15-8-6-13-23-18(25)4-2/h3-4,26H,1-2,5-15H2,(H,22,24)(H,23,25)(H,27,28). The smallest absolute Gasteiger partial charge is 0.335 e. The van der Waals surface area contributed by atoms with Crippen molar-refractivity contribution in [2.75, 3.05) is 26.3 Å². The van der Waals surface area contributed by atoms with E-state index in [0.717, 1.165) is 0 Å². The number of nitrogens with one attached hydrogen (secondary N) is 2. The topological polar surface area (TPSA) is 134 Å². The summed E-state index contributed by atoms with van der Waals surface area (Å²) in [4.78, 5) is 33.7. The van der Waals surface area contributed by atoms with Gasteiger partial charge >= 0.3 is 5.97 Å². The highest BCUT2D eigenvalue weighted by Crippen LogP contribution is 2.37. The van der Waals surface area contributed by atoms with Gasteiger partial charge in [0, 0.05) is 19.5 Å². The van der Waals surface area contributed by atoms with Gasteiger partial charge in [0.05, 0.1) is 18.8 Å². The number of hydrogen-bond donors (Lipinski definition) is 4. The number of rotatable bonds is 15. The molecule has 2 amide bonds. The molecule has 1 rings (SSSR count). The van der Waals surface area contributed by atoms with E-state index in [9.17, 15) is 24.6 Å². The number of carboxylic acids is 1. The van der Waals surface area contributed by atoms with E-state index in [1.54, 1.807) is 0 Å². The second-order valence-electron chi connectivity index (χ2n) is 6.84. The van der Waals surface area contributed by atoms with Gasteiger partial charge in [-0.05, 0) is 50.7 Å². The van der Waals surface area contributed by atoms with Crippen LogP contribution in [0.3, 0.4) is 0 Å². The molecule has 0 spiro atoms. The van der Waals surface area contributed by atoms with Gasteiger partial charge in [-0.2, -0.15) is 0 Å². The van der Waals surface area contributed by atoms with Crippen LogP contribution in [-0.2, 0) is 23.9 Å². The van der Waals surface area contributed by atoms with Gasteiger partial charge in [-0.3, -0.25) is 9.59 Å². The Bertz CT molecular complexity index is 626. The Labute approximate surface area is 176 Å². The number of carbonyl (C=O) groups is 3. The molecule has 0 aromatic carbocycles. The molecule has 0 unspecified atom stereocenters. The van der Waals surface area contributed by atoms with E-state index >= 15 is 0 Å². The third-order valence-electron chi connectivity index (χ3n) is 4.62. The number of hydrogen-bond acceptors (Lipinski definition) is 6. The highest BCUT2D eigenvalue weighted by molar-refractivity contribution is 5.88. The molecule has 9 heteroatoms. The fraction of sp³-hybridized carbons (Fsp3) is 0.571. The summed E-state index contributed by atoms with van der Waals surface area (Å²) in [5, 5.41) is 25.2. The zero-order valence-electron chi connectivity index (χ0n) is 17.3. The molecule has 1 aliphatic carbocycles. The highest BCUT2D eigenvalue weighted by atomic mass is 16.7. The van der Waals surface area contributed by atoms with Gasteiger partial charge in [0.1, 0.15) is 0 Å². The predicted molar refractivity (Wildman–Crippen MR) is 111 cm³/mol. The second kappa shape index (κ2) is 13.6. The number of unbranched alkanes of at least 4 members (excludes halogenated alkanes) is 2. The Morgan fingerprint density at radius 1 is 0.967 bits per heavy atom. The van der Waals surface area contributed by atoms with Crippen LogP contribution in [0.15, 0.2) is 36.6 Å². The number of amides is 2. The Balaban J connectivity index is 2.60. The summed E-state index contributed by atoms with van der Waals surface area (Å²) in [6.07, 6.45) is 5.96. The highest BCUT2D eigenvalue weighted by Gasteiger charge is 2.43. The summed E-state index contributed by atoms with van der Waals surface area (Å²) in [5.41, 5.74) is -0.0993. The Morgan fingerprint density at radius 3 is 1.90 bits per heavy atom. The monoisotopic (exact) mass is 424 g/mol. The molecule has 30 heavy (non-hydrogen) atoms. The minimum absolute atomic E-state index is 0.0993. The van der Waals surface area contributed by atoms with Gasteiger partial charge in [0.15, 0.2) is 5.76 Å². The minimum atomic E-state index is -1.49. The molecule has 4 N–H and O–H groups in total. The third-order valence-corrected chi connectivity index (χ3v) is 4.62. The van der Waals surface area contributed by atoms with Crippen molar-refractivity contribution < 1.29 is 34.1 Å². The predicted octanol–water partition coefficient (Wildman–Crippen LogP) is 1.96. The van der Waals surface area contributed by atoms with Crippen molar-refractivity contribution in [3.63, 3.8) is 0 Å². The first-order valence-electron chi connectivity index (χ1n) is 10.1. The molecule has 0 aromatic rings. The van der Waals surface area contributed by atoms with Crippen LogP contribution < -0.4 is 10.6 Å². The number of aliphatic carboxylic acids is 1. The van der Waals surface area contributed by atoms with Crippen molar-refractivity contribution in [3.8, 4) is 0 Å². The van der Waals surface area contributed by atoms with Crippen LogP contribution in [0, 0.1) is 0 Å². The maximum absolute atomic E-state index is 11.4. The average Bonchev–Trinajstić information content (AvgIpc) is 2.73. The SMILES string of the molecule is C=CC(=O)NCCCCOC1(OCCCCNC(=O)C=C)CCCC(C(=O)O)=C1O. The van der Waals surface area contributed by atoms with Gasteiger partial charge in [-0.1, -0.05) is 13.2 Å². The lowest BCUT2D eigenvalue weighted by Crippen LogP contribution is -2.42. The fourth-order valence-electron chi connectivity index (χ4n) is 2.99. The third kappa shape index (κ3) is 8.38. The average molecular weight is 424 g/mol. The summed E-state index contributed by atoms with van der Waals surface area (Å²) in [5.74, 6) is -3.57. The first kappa shape index (κ1) is 25.4. The number of aliphatic hydroxyl groups is 1. The fourth-order valence-corrected chi connectivity index (χ4v) is 2.99. The van der Waals surface area contributed by atoms with Crippen LogP contribution in [0.25, 0.3) is 0 Å². The normalized spacial score (nSPS) is 15.3. The van der Waals surface area contributed by atoms with Crippen LogP contribution in [0.1, 0.15) is 44.9 Å². The molecule has 0 atom stereocenters. The number of carboxylic acid groups (broad SMARTS) is 1. The van der Waals surface area contributed by atoms with E-state index in [1.807, 2.05) is 0 Å². The molecule has 0 saturated heterocycles.